The molecule has 0 atom stereocenters. The number of nitrogens with zero attached hydrogens (tertiary/aromatic N) is 1. The molecule has 0 unspecified atom stereocenters. The van der Waals surface area contributed by atoms with Crippen LogP contribution in [0.5, 0.6) is 17.2 Å². The number of hydrogen-bond donors (Lipinski definition) is 0. The Kier molecular flexibility index (Phi) is 4.55. The molecule has 8 nitrogen and oxygen atoms in total. The number of fused-ring (bicyclic) bond motifs is 2. The topological polar surface area (TPSA) is 87.4 Å². The van der Waals surface area contributed by atoms with E-state index in [1.807, 2.05) is 6.92 Å². The van der Waals surface area contributed by atoms with Crippen LogP contribution in [0, 0.1) is 6.92 Å². The summed E-state index contributed by atoms with van der Waals surface area (Å²) in [6.45, 7) is 3.97. The third kappa shape index (κ3) is 3.25. The second kappa shape index (κ2) is 7.38. The Balaban J connectivity index is 1.48. The van der Waals surface area contributed by atoms with E-state index in [2.05, 4.69) is 0 Å². The van der Waals surface area contributed by atoms with Gasteiger partial charge in [0.25, 0.3) is 0 Å². The maximum atomic E-state index is 12.8. The van der Waals surface area contributed by atoms with E-state index < -0.39 is 11.7 Å². The zero-order valence-electron chi connectivity index (χ0n) is 16.3. The van der Waals surface area contributed by atoms with E-state index in [0.29, 0.717) is 60.3 Å². The molecule has 30 heavy (non-hydrogen) atoms. The molecule has 8 heteroatoms. The highest BCUT2D eigenvalue weighted by Gasteiger charge is 2.21. The van der Waals surface area contributed by atoms with Gasteiger partial charge < -0.3 is 28.3 Å². The molecule has 154 valence electrons. The van der Waals surface area contributed by atoms with E-state index in [1.54, 1.807) is 41.3 Å². The second-order valence-electron chi connectivity index (χ2n) is 7.08. The molecule has 1 amide bonds. The Labute approximate surface area is 171 Å². The lowest BCUT2D eigenvalue weighted by Crippen LogP contribution is -2.42. The Morgan fingerprint density at radius 3 is 2.67 bits per heavy atom. The molecule has 1 fully saturated rings. The van der Waals surface area contributed by atoms with Crippen molar-refractivity contribution in [1.29, 1.82) is 0 Å². The fourth-order valence-corrected chi connectivity index (χ4v) is 3.70. The molecule has 1 aromatic heterocycles. The largest absolute Gasteiger partial charge is 0.454 e. The van der Waals surface area contributed by atoms with E-state index in [4.69, 9.17) is 23.4 Å². The summed E-state index contributed by atoms with van der Waals surface area (Å²) in [6.07, 6.45) is -0.450. The van der Waals surface area contributed by atoms with Gasteiger partial charge in [-0.2, -0.15) is 0 Å². The van der Waals surface area contributed by atoms with Crippen molar-refractivity contribution in [2.45, 2.75) is 6.92 Å². The summed E-state index contributed by atoms with van der Waals surface area (Å²) >= 11 is 0. The lowest BCUT2D eigenvalue weighted by Gasteiger charge is -2.25. The third-order valence-corrected chi connectivity index (χ3v) is 5.27. The Bertz CT molecular complexity index is 1190. The molecule has 3 aromatic rings. The van der Waals surface area contributed by atoms with Gasteiger partial charge in [0.2, 0.25) is 6.79 Å². The van der Waals surface area contributed by atoms with Crippen LogP contribution in [-0.2, 0) is 4.74 Å². The smallest absolute Gasteiger partial charge is 0.415 e. The summed E-state index contributed by atoms with van der Waals surface area (Å²) in [6, 6.07) is 10.4. The highest BCUT2D eigenvalue weighted by molar-refractivity contribution is 5.88. The van der Waals surface area contributed by atoms with E-state index in [1.165, 1.54) is 0 Å². The van der Waals surface area contributed by atoms with Gasteiger partial charge in [-0.05, 0) is 42.3 Å². The van der Waals surface area contributed by atoms with Crippen LogP contribution in [0.1, 0.15) is 5.56 Å². The van der Waals surface area contributed by atoms with Crippen LogP contribution in [-0.4, -0.2) is 44.1 Å². The minimum absolute atomic E-state index is 0.163. The Hall–Kier alpha value is -3.52. The lowest BCUT2D eigenvalue weighted by atomic mass is 9.99. The molecule has 2 aliphatic rings. The fraction of sp³-hybridized carbons (Fsp3) is 0.273. The highest BCUT2D eigenvalue weighted by atomic mass is 16.7. The van der Waals surface area contributed by atoms with Crippen molar-refractivity contribution in [3.63, 3.8) is 0 Å². The van der Waals surface area contributed by atoms with Gasteiger partial charge in [-0.25, -0.2) is 9.59 Å². The van der Waals surface area contributed by atoms with Gasteiger partial charge >= 0.3 is 11.7 Å². The summed E-state index contributed by atoms with van der Waals surface area (Å²) in [5.41, 5.74) is 1.80. The molecular weight excluding hydrogens is 390 g/mol. The molecular formula is C22H19NO7. The summed E-state index contributed by atoms with van der Waals surface area (Å²) in [5, 5.41) is 0.758. The first-order valence-corrected chi connectivity index (χ1v) is 9.62. The van der Waals surface area contributed by atoms with E-state index in [9.17, 15) is 9.59 Å². The maximum Gasteiger partial charge on any atom is 0.415 e. The van der Waals surface area contributed by atoms with Crippen LogP contribution in [0.2, 0.25) is 0 Å². The van der Waals surface area contributed by atoms with Crippen LogP contribution >= 0.6 is 0 Å². The van der Waals surface area contributed by atoms with Crippen molar-refractivity contribution in [1.82, 2.24) is 4.90 Å². The zero-order valence-corrected chi connectivity index (χ0v) is 16.3. The first-order valence-electron chi connectivity index (χ1n) is 9.62. The van der Waals surface area contributed by atoms with Crippen molar-refractivity contribution >= 4 is 17.1 Å². The first kappa shape index (κ1) is 18.5. The monoisotopic (exact) mass is 409 g/mol. The second-order valence-corrected chi connectivity index (χ2v) is 7.08. The molecule has 2 aliphatic heterocycles. The number of amides is 1. The van der Waals surface area contributed by atoms with Crippen molar-refractivity contribution in [2.75, 3.05) is 33.1 Å². The molecule has 3 heterocycles. The molecule has 2 aromatic carbocycles. The third-order valence-electron chi connectivity index (χ3n) is 5.27. The summed E-state index contributed by atoms with van der Waals surface area (Å²) < 4.78 is 27.0. The van der Waals surface area contributed by atoms with Crippen LogP contribution in [0.3, 0.4) is 0 Å². The van der Waals surface area contributed by atoms with Crippen molar-refractivity contribution in [3.8, 4) is 28.4 Å². The predicted octanol–water partition coefficient (Wildman–Crippen LogP) is 3.33. The zero-order chi connectivity index (χ0) is 20.7. The SMILES string of the molecule is Cc1c(-c2ccc3c(c2)OCO3)c(=O)oc2cc(OC(=O)N3CCOCC3)ccc12. The van der Waals surface area contributed by atoms with Gasteiger partial charge in [0.1, 0.15) is 11.3 Å². The first-order chi connectivity index (χ1) is 14.6. The lowest BCUT2D eigenvalue weighted by molar-refractivity contribution is 0.0416. The average Bonchev–Trinajstić information content (AvgIpc) is 3.22. The molecule has 0 saturated carbocycles. The molecule has 0 bridgehead atoms. The molecule has 0 aliphatic carbocycles. The average molecular weight is 409 g/mol. The highest BCUT2D eigenvalue weighted by Crippen LogP contribution is 2.37. The molecule has 1 saturated heterocycles. The number of ether oxygens (including phenoxy) is 4. The van der Waals surface area contributed by atoms with Gasteiger partial charge in [-0.1, -0.05) is 6.07 Å². The van der Waals surface area contributed by atoms with Crippen LogP contribution in [0.25, 0.3) is 22.1 Å². The van der Waals surface area contributed by atoms with E-state index in [-0.39, 0.29) is 6.79 Å². The van der Waals surface area contributed by atoms with Gasteiger partial charge in [-0.3, -0.25) is 0 Å². The number of morpholine rings is 1. The van der Waals surface area contributed by atoms with Crippen molar-refractivity contribution < 1.29 is 28.2 Å². The van der Waals surface area contributed by atoms with Crippen LogP contribution in [0.4, 0.5) is 4.79 Å². The molecule has 0 spiro atoms. The number of rotatable bonds is 2. The predicted molar refractivity (Wildman–Crippen MR) is 107 cm³/mol. The van der Waals surface area contributed by atoms with Gasteiger partial charge in [-0.15, -0.1) is 0 Å². The van der Waals surface area contributed by atoms with Gasteiger partial charge in [0.15, 0.2) is 11.5 Å². The Morgan fingerprint density at radius 2 is 1.83 bits per heavy atom. The number of carbonyl (C=O) groups excluding carboxylic acids is 1. The van der Waals surface area contributed by atoms with E-state index in [0.717, 1.165) is 10.9 Å². The van der Waals surface area contributed by atoms with Gasteiger partial charge in [0, 0.05) is 24.5 Å². The molecule has 0 N–H and O–H groups in total. The van der Waals surface area contributed by atoms with Crippen molar-refractivity contribution in [3.05, 3.63) is 52.4 Å². The Morgan fingerprint density at radius 1 is 1.03 bits per heavy atom. The van der Waals surface area contributed by atoms with E-state index >= 15 is 0 Å². The number of hydrogen-bond acceptors (Lipinski definition) is 7. The summed E-state index contributed by atoms with van der Waals surface area (Å²) in [5.74, 6) is 1.56. The minimum atomic E-state index is -0.476. The number of benzene rings is 2. The van der Waals surface area contributed by atoms with Crippen LogP contribution < -0.4 is 19.8 Å². The summed E-state index contributed by atoms with van der Waals surface area (Å²) in [7, 11) is 0. The number of carbonyl (C=O) groups is 1. The number of aryl methyl sites for hydroxylation is 1. The minimum Gasteiger partial charge on any atom is -0.454 e. The normalized spacial score (nSPS) is 15.4. The molecule has 0 radical (unpaired) electrons. The maximum absolute atomic E-state index is 12.8. The summed E-state index contributed by atoms with van der Waals surface area (Å²) in [4.78, 5) is 26.7. The fourth-order valence-electron chi connectivity index (χ4n) is 3.70. The molecule has 5 rings (SSSR count). The quantitative estimate of drug-likeness (QED) is 0.600. The van der Waals surface area contributed by atoms with Crippen molar-refractivity contribution in [2.24, 2.45) is 0 Å². The standard InChI is InChI=1S/C22H19NO7/c1-13-16-4-3-15(29-22(25)23-6-8-26-9-7-23)11-18(16)30-21(24)20(13)14-2-5-17-19(10-14)28-12-27-17/h2-5,10-11H,6-9,12H2,1H3. The van der Waals surface area contributed by atoms with Gasteiger partial charge in [0.05, 0.1) is 18.8 Å². The van der Waals surface area contributed by atoms with Crippen LogP contribution in [0.15, 0.2) is 45.6 Å².